The third-order valence-corrected chi connectivity index (χ3v) is 2.72. The molecule has 4 heteroatoms. The third-order valence-electron chi connectivity index (χ3n) is 2.72. The van der Waals surface area contributed by atoms with Crippen LogP contribution in [0.4, 0.5) is 0 Å². The molecule has 0 bridgehead atoms. The molecule has 1 aliphatic heterocycles. The topological polar surface area (TPSA) is 40.5 Å². The van der Waals surface area contributed by atoms with Gasteiger partial charge in [0.2, 0.25) is 0 Å². The molecule has 0 aliphatic carbocycles. The van der Waals surface area contributed by atoms with E-state index in [1.54, 1.807) is 6.92 Å². The number of carbonyl (C=O) groups is 1. The summed E-state index contributed by atoms with van der Waals surface area (Å²) in [5.41, 5.74) is 0. The molecule has 78 valence electrons. The molecular weight excluding hydrogens is 190 g/mol. The maximum Gasteiger partial charge on any atom is 0.320 e. The summed E-state index contributed by atoms with van der Waals surface area (Å²) in [6.07, 6.45) is 2.27. The van der Waals surface area contributed by atoms with E-state index >= 15 is 0 Å². The molecule has 0 amide bonds. The number of halogens is 1. The van der Waals surface area contributed by atoms with Crippen molar-refractivity contribution < 1.29 is 9.90 Å². The molecule has 1 saturated heterocycles. The number of carboxylic acid groups (broad SMARTS) is 1. The van der Waals surface area contributed by atoms with Gasteiger partial charge in [-0.15, -0.1) is 12.4 Å². The summed E-state index contributed by atoms with van der Waals surface area (Å²) in [5.74, 6) is 0.0618. The van der Waals surface area contributed by atoms with E-state index in [9.17, 15) is 4.79 Å². The maximum absolute atomic E-state index is 10.6. The van der Waals surface area contributed by atoms with E-state index in [-0.39, 0.29) is 18.4 Å². The Morgan fingerprint density at radius 2 is 1.92 bits per heavy atom. The number of aliphatic carboxylic acids is 1. The lowest BCUT2D eigenvalue weighted by Crippen LogP contribution is -2.43. The molecule has 0 aromatic heterocycles. The second kappa shape index (κ2) is 5.45. The number of hydrogen-bond acceptors (Lipinski definition) is 2. The van der Waals surface area contributed by atoms with E-state index in [1.165, 1.54) is 0 Å². The second-order valence-electron chi connectivity index (χ2n) is 3.73. The van der Waals surface area contributed by atoms with Crippen LogP contribution in [-0.2, 0) is 4.79 Å². The molecule has 1 rings (SSSR count). The van der Waals surface area contributed by atoms with Crippen molar-refractivity contribution >= 4 is 18.4 Å². The summed E-state index contributed by atoms with van der Waals surface area (Å²) in [5, 5.41) is 8.76. The fraction of sp³-hybridized carbons (Fsp3) is 0.889. The monoisotopic (exact) mass is 207 g/mol. The molecule has 0 aromatic carbocycles. The number of piperidine rings is 1. The van der Waals surface area contributed by atoms with E-state index in [0.717, 1.165) is 31.8 Å². The standard InChI is InChI=1S/C9H17NO2.ClH/c1-7-3-5-10(6-4-7)8(2)9(11)12;/h7-8H,3-6H2,1-2H3,(H,11,12);1H. The molecule has 0 spiro atoms. The first-order valence-corrected chi connectivity index (χ1v) is 4.58. The summed E-state index contributed by atoms with van der Waals surface area (Å²) in [7, 11) is 0. The van der Waals surface area contributed by atoms with Crippen molar-refractivity contribution in [2.24, 2.45) is 5.92 Å². The van der Waals surface area contributed by atoms with Gasteiger partial charge < -0.3 is 5.11 Å². The molecule has 1 aliphatic rings. The predicted molar refractivity (Wildman–Crippen MR) is 54.3 cm³/mol. The highest BCUT2D eigenvalue weighted by atomic mass is 35.5. The summed E-state index contributed by atoms with van der Waals surface area (Å²) in [6.45, 7) is 5.87. The van der Waals surface area contributed by atoms with E-state index in [4.69, 9.17) is 5.11 Å². The minimum atomic E-state index is -0.704. The Bertz CT molecular complexity index is 167. The summed E-state index contributed by atoms with van der Waals surface area (Å²) < 4.78 is 0. The number of carboxylic acids is 1. The van der Waals surface area contributed by atoms with Crippen LogP contribution in [0.1, 0.15) is 26.7 Å². The van der Waals surface area contributed by atoms with Gasteiger partial charge in [0, 0.05) is 0 Å². The zero-order valence-corrected chi connectivity index (χ0v) is 9.01. The lowest BCUT2D eigenvalue weighted by atomic mass is 9.98. The highest BCUT2D eigenvalue weighted by Crippen LogP contribution is 2.17. The number of nitrogens with zero attached hydrogens (tertiary/aromatic N) is 1. The Labute approximate surface area is 85.5 Å². The first-order valence-electron chi connectivity index (χ1n) is 4.58. The summed E-state index contributed by atoms with van der Waals surface area (Å²) in [4.78, 5) is 12.7. The summed E-state index contributed by atoms with van der Waals surface area (Å²) in [6, 6.07) is -0.308. The maximum atomic E-state index is 10.6. The minimum Gasteiger partial charge on any atom is -0.480 e. The van der Waals surface area contributed by atoms with Gasteiger partial charge in [0.1, 0.15) is 6.04 Å². The fourth-order valence-corrected chi connectivity index (χ4v) is 1.57. The Balaban J connectivity index is 0.00000144. The highest BCUT2D eigenvalue weighted by molar-refractivity contribution is 5.85. The van der Waals surface area contributed by atoms with Gasteiger partial charge in [-0.2, -0.15) is 0 Å². The Kier molecular flexibility index (Phi) is 5.33. The molecule has 1 atom stereocenters. The molecule has 1 fully saturated rings. The smallest absolute Gasteiger partial charge is 0.320 e. The van der Waals surface area contributed by atoms with Crippen LogP contribution >= 0.6 is 12.4 Å². The molecule has 1 heterocycles. The van der Waals surface area contributed by atoms with E-state index in [1.807, 2.05) is 4.90 Å². The van der Waals surface area contributed by atoms with Gasteiger partial charge in [-0.25, -0.2) is 0 Å². The van der Waals surface area contributed by atoms with Crippen LogP contribution in [0.2, 0.25) is 0 Å². The van der Waals surface area contributed by atoms with Crippen molar-refractivity contribution in [3.8, 4) is 0 Å². The first kappa shape index (κ1) is 12.7. The zero-order valence-electron chi connectivity index (χ0n) is 8.19. The minimum absolute atomic E-state index is 0. The van der Waals surface area contributed by atoms with Gasteiger partial charge in [-0.1, -0.05) is 6.92 Å². The van der Waals surface area contributed by atoms with Gasteiger partial charge in [0.15, 0.2) is 0 Å². The molecule has 1 N–H and O–H groups in total. The summed E-state index contributed by atoms with van der Waals surface area (Å²) >= 11 is 0. The lowest BCUT2D eigenvalue weighted by molar-refractivity contribution is -0.143. The molecule has 3 nitrogen and oxygen atoms in total. The van der Waals surface area contributed by atoms with Crippen LogP contribution < -0.4 is 0 Å². The Hall–Kier alpha value is -0.280. The van der Waals surface area contributed by atoms with E-state index in [2.05, 4.69) is 6.92 Å². The number of hydrogen-bond donors (Lipinski definition) is 1. The molecule has 1 unspecified atom stereocenters. The van der Waals surface area contributed by atoms with Crippen molar-refractivity contribution in [3.63, 3.8) is 0 Å². The first-order chi connectivity index (χ1) is 5.61. The average molecular weight is 208 g/mol. The Morgan fingerprint density at radius 1 is 1.46 bits per heavy atom. The van der Waals surface area contributed by atoms with E-state index in [0.29, 0.717) is 0 Å². The molecular formula is C9H18ClNO2. The highest BCUT2D eigenvalue weighted by Gasteiger charge is 2.24. The fourth-order valence-electron chi connectivity index (χ4n) is 1.57. The molecule has 0 aromatic rings. The Morgan fingerprint density at radius 3 is 2.31 bits per heavy atom. The quantitative estimate of drug-likeness (QED) is 0.748. The second-order valence-corrected chi connectivity index (χ2v) is 3.73. The third kappa shape index (κ3) is 3.53. The molecule has 0 radical (unpaired) electrons. The van der Waals surface area contributed by atoms with Gasteiger partial charge in [0.25, 0.3) is 0 Å². The van der Waals surface area contributed by atoms with Gasteiger partial charge in [0.05, 0.1) is 0 Å². The van der Waals surface area contributed by atoms with Crippen LogP contribution in [-0.4, -0.2) is 35.1 Å². The van der Waals surface area contributed by atoms with Crippen molar-refractivity contribution in [2.75, 3.05) is 13.1 Å². The number of rotatable bonds is 2. The van der Waals surface area contributed by atoms with Crippen molar-refractivity contribution in [3.05, 3.63) is 0 Å². The molecule has 13 heavy (non-hydrogen) atoms. The normalized spacial score (nSPS) is 22.0. The average Bonchev–Trinajstić information content (AvgIpc) is 2.04. The van der Waals surface area contributed by atoms with Gasteiger partial charge >= 0.3 is 5.97 Å². The van der Waals surface area contributed by atoms with Crippen molar-refractivity contribution in [1.29, 1.82) is 0 Å². The van der Waals surface area contributed by atoms with Crippen molar-refractivity contribution in [2.45, 2.75) is 32.7 Å². The number of likely N-dealkylation sites (tertiary alicyclic amines) is 1. The van der Waals surface area contributed by atoms with E-state index < -0.39 is 5.97 Å². The van der Waals surface area contributed by atoms with Crippen LogP contribution in [0.3, 0.4) is 0 Å². The van der Waals surface area contributed by atoms with Crippen molar-refractivity contribution in [1.82, 2.24) is 4.90 Å². The van der Waals surface area contributed by atoms with Crippen LogP contribution in [0, 0.1) is 5.92 Å². The zero-order chi connectivity index (χ0) is 9.14. The SMILES string of the molecule is CC1CCN(C(C)C(=O)O)CC1.Cl. The van der Waals surface area contributed by atoms with Crippen LogP contribution in [0.15, 0.2) is 0 Å². The predicted octanol–water partition coefficient (Wildman–Crippen LogP) is 1.61. The largest absolute Gasteiger partial charge is 0.480 e. The van der Waals surface area contributed by atoms with Crippen LogP contribution in [0.5, 0.6) is 0 Å². The molecule has 0 saturated carbocycles. The van der Waals surface area contributed by atoms with Gasteiger partial charge in [-0.05, 0) is 38.8 Å². The lowest BCUT2D eigenvalue weighted by Gasteiger charge is -2.32. The van der Waals surface area contributed by atoms with Crippen LogP contribution in [0.25, 0.3) is 0 Å². The van der Waals surface area contributed by atoms with Gasteiger partial charge in [-0.3, -0.25) is 9.69 Å².